The maximum Gasteiger partial charge on any atom is 0.0715 e. The van der Waals surface area contributed by atoms with Crippen LogP contribution < -0.4 is 5.73 Å². The first-order valence-corrected chi connectivity index (χ1v) is 6.96. The lowest BCUT2D eigenvalue weighted by atomic mass is 10.0. The molecule has 0 atom stereocenters. The van der Waals surface area contributed by atoms with E-state index in [9.17, 15) is 0 Å². The van der Waals surface area contributed by atoms with Crippen LogP contribution in [0.3, 0.4) is 0 Å². The number of pyridine rings is 1. The predicted molar refractivity (Wildman–Crippen MR) is 89.1 cm³/mol. The van der Waals surface area contributed by atoms with Crippen LogP contribution in [0.5, 0.6) is 0 Å². The molecule has 2 nitrogen and oxygen atoms in total. The van der Waals surface area contributed by atoms with E-state index < -0.39 is 0 Å². The number of hydrogen-bond acceptors (Lipinski definition) is 2. The maximum absolute atomic E-state index is 5.74. The highest BCUT2D eigenvalue weighted by Gasteiger charge is 2.04. The third-order valence-corrected chi connectivity index (χ3v) is 3.80. The average molecular weight is 270 g/mol. The molecule has 0 spiro atoms. The summed E-state index contributed by atoms with van der Waals surface area (Å²) in [6.45, 7) is 0. The Kier molecular flexibility index (Phi) is 2.61. The van der Waals surface area contributed by atoms with Crippen LogP contribution in [0.1, 0.15) is 0 Å². The number of benzene rings is 3. The Labute approximate surface area is 122 Å². The molecule has 0 radical (unpaired) electrons. The normalized spacial score (nSPS) is 11.0. The highest BCUT2D eigenvalue weighted by molar-refractivity contribution is 6.06. The van der Waals surface area contributed by atoms with E-state index in [0.29, 0.717) is 0 Å². The minimum atomic E-state index is 0.769. The van der Waals surface area contributed by atoms with Crippen molar-refractivity contribution in [2.24, 2.45) is 0 Å². The van der Waals surface area contributed by atoms with E-state index in [1.165, 1.54) is 16.2 Å². The lowest BCUT2D eigenvalue weighted by Gasteiger charge is -2.06. The van der Waals surface area contributed by atoms with Gasteiger partial charge in [-0.15, -0.1) is 0 Å². The summed E-state index contributed by atoms with van der Waals surface area (Å²) in [5.74, 6) is 0. The van der Waals surface area contributed by atoms with Gasteiger partial charge in [0.25, 0.3) is 0 Å². The van der Waals surface area contributed by atoms with Gasteiger partial charge >= 0.3 is 0 Å². The summed E-state index contributed by atoms with van der Waals surface area (Å²) in [7, 11) is 0. The van der Waals surface area contributed by atoms with Gasteiger partial charge in [0.05, 0.1) is 11.2 Å². The Hall–Kier alpha value is -2.87. The van der Waals surface area contributed by atoms with Crippen molar-refractivity contribution in [3.63, 3.8) is 0 Å². The van der Waals surface area contributed by atoms with Gasteiger partial charge in [-0.3, -0.25) is 0 Å². The zero-order valence-corrected chi connectivity index (χ0v) is 11.5. The van der Waals surface area contributed by atoms with E-state index in [1.807, 2.05) is 24.3 Å². The zero-order chi connectivity index (χ0) is 14.2. The van der Waals surface area contributed by atoms with Crippen LogP contribution in [0.4, 0.5) is 5.69 Å². The van der Waals surface area contributed by atoms with Crippen LogP contribution in [0, 0.1) is 0 Å². The SMILES string of the molecule is Nc1ccc(-c2ccc3c(ccc4ccccc43)n2)cc1. The van der Waals surface area contributed by atoms with Crippen molar-refractivity contribution >= 4 is 27.4 Å². The van der Waals surface area contributed by atoms with E-state index >= 15 is 0 Å². The Bertz CT molecular complexity index is 940. The second-order valence-corrected chi connectivity index (χ2v) is 5.17. The molecule has 1 aromatic heterocycles. The second kappa shape index (κ2) is 4.60. The predicted octanol–water partition coefficient (Wildman–Crippen LogP) is 4.64. The summed E-state index contributed by atoms with van der Waals surface area (Å²) in [6, 6.07) is 24.6. The number of anilines is 1. The largest absolute Gasteiger partial charge is 0.399 e. The molecule has 0 amide bonds. The van der Waals surface area contributed by atoms with E-state index in [2.05, 4.69) is 48.5 Å². The molecule has 100 valence electrons. The van der Waals surface area contributed by atoms with E-state index in [4.69, 9.17) is 10.7 Å². The van der Waals surface area contributed by atoms with E-state index in [0.717, 1.165) is 22.5 Å². The van der Waals surface area contributed by atoms with Crippen molar-refractivity contribution in [1.82, 2.24) is 4.98 Å². The molecule has 0 unspecified atom stereocenters. The third kappa shape index (κ3) is 2.01. The number of fused-ring (bicyclic) bond motifs is 3. The van der Waals surface area contributed by atoms with Crippen molar-refractivity contribution in [1.29, 1.82) is 0 Å². The lowest BCUT2D eigenvalue weighted by molar-refractivity contribution is 1.40. The molecule has 21 heavy (non-hydrogen) atoms. The smallest absolute Gasteiger partial charge is 0.0715 e. The van der Waals surface area contributed by atoms with Gasteiger partial charge in [-0.1, -0.05) is 48.5 Å². The van der Waals surface area contributed by atoms with Crippen LogP contribution in [0.25, 0.3) is 32.9 Å². The number of hydrogen-bond donors (Lipinski definition) is 1. The van der Waals surface area contributed by atoms with Gasteiger partial charge in [0.2, 0.25) is 0 Å². The number of aromatic nitrogens is 1. The first-order chi connectivity index (χ1) is 10.3. The summed E-state index contributed by atoms with van der Waals surface area (Å²) in [6.07, 6.45) is 0. The quantitative estimate of drug-likeness (QED) is 0.404. The fourth-order valence-electron chi connectivity index (χ4n) is 2.70. The highest BCUT2D eigenvalue weighted by Crippen LogP contribution is 2.27. The number of nitrogens with two attached hydrogens (primary N) is 1. The topological polar surface area (TPSA) is 38.9 Å². The van der Waals surface area contributed by atoms with Gasteiger partial charge in [0, 0.05) is 16.6 Å². The van der Waals surface area contributed by atoms with Gasteiger partial charge in [-0.25, -0.2) is 4.98 Å². The van der Waals surface area contributed by atoms with Crippen molar-refractivity contribution < 1.29 is 0 Å². The molecule has 0 aliphatic carbocycles. The number of rotatable bonds is 1. The monoisotopic (exact) mass is 270 g/mol. The fourth-order valence-corrected chi connectivity index (χ4v) is 2.70. The third-order valence-electron chi connectivity index (χ3n) is 3.80. The molecule has 0 aliphatic rings. The van der Waals surface area contributed by atoms with Crippen LogP contribution >= 0.6 is 0 Å². The molecular weight excluding hydrogens is 256 g/mol. The van der Waals surface area contributed by atoms with Gasteiger partial charge in [-0.2, -0.15) is 0 Å². The molecule has 0 fully saturated rings. The minimum absolute atomic E-state index is 0.769. The van der Waals surface area contributed by atoms with Gasteiger partial charge in [0.1, 0.15) is 0 Å². The van der Waals surface area contributed by atoms with Crippen LogP contribution in [-0.4, -0.2) is 4.98 Å². The first-order valence-electron chi connectivity index (χ1n) is 6.96. The van der Waals surface area contributed by atoms with Crippen molar-refractivity contribution in [3.05, 3.63) is 72.8 Å². The highest BCUT2D eigenvalue weighted by atomic mass is 14.7. The minimum Gasteiger partial charge on any atom is -0.399 e. The molecular formula is C19H14N2. The lowest BCUT2D eigenvalue weighted by Crippen LogP contribution is -1.88. The summed E-state index contributed by atoms with van der Waals surface area (Å²) in [4.78, 5) is 4.78. The molecule has 3 aromatic carbocycles. The van der Waals surface area contributed by atoms with Crippen molar-refractivity contribution in [3.8, 4) is 11.3 Å². The summed E-state index contributed by atoms with van der Waals surface area (Å²) in [5, 5.41) is 3.67. The molecule has 2 N–H and O–H groups in total. The summed E-state index contributed by atoms with van der Waals surface area (Å²) < 4.78 is 0. The van der Waals surface area contributed by atoms with Gasteiger partial charge in [0.15, 0.2) is 0 Å². The van der Waals surface area contributed by atoms with Crippen molar-refractivity contribution in [2.75, 3.05) is 5.73 Å². The summed E-state index contributed by atoms with van der Waals surface area (Å²) in [5.41, 5.74) is 9.58. The molecule has 1 heterocycles. The van der Waals surface area contributed by atoms with Crippen molar-refractivity contribution in [2.45, 2.75) is 0 Å². The summed E-state index contributed by atoms with van der Waals surface area (Å²) >= 11 is 0. The first kappa shape index (κ1) is 11.9. The molecule has 0 saturated carbocycles. The molecule has 4 rings (SSSR count). The van der Waals surface area contributed by atoms with Crippen LogP contribution in [0.15, 0.2) is 72.8 Å². The number of nitrogen functional groups attached to an aromatic ring is 1. The second-order valence-electron chi connectivity index (χ2n) is 5.17. The maximum atomic E-state index is 5.74. The number of nitrogens with zero attached hydrogens (tertiary/aromatic N) is 1. The standard InChI is InChI=1S/C19H14N2/c20-15-8-5-14(6-9-15)18-12-10-17-16-4-2-1-3-13(16)7-11-19(17)21-18/h1-12H,20H2. The zero-order valence-electron chi connectivity index (χ0n) is 11.5. The fraction of sp³-hybridized carbons (Fsp3) is 0. The Morgan fingerprint density at radius 3 is 2.33 bits per heavy atom. The van der Waals surface area contributed by atoms with Gasteiger partial charge in [-0.05, 0) is 35.0 Å². The molecule has 2 heteroatoms. The molecule has 0 aliphatic heterocycles. The average Bonchev–Trinajstić information content (AvgIpc) is 2.55. The molecule has 0 saturated heterocycles. The van der Waals surface area contributed by atoms with Gasteiger partial charge < -0.3 is 5.73 Å². The molecule has 4 aromatic rings. The van der Waals surface area contributed by atoms with Crippen LogP contribution in [0.2, 0.25) is 0 Å². The molecule has 0 bridgehead atoms. The Balaban J connectivity index is 1.94. The van der Waals surface area contributed by atoms with E-state index in [1.54, 1.807) is 0 Å². The van der Waals surface area contributed by atoms with Crippen LogP contribution in [-0.2, 0) is 0 Å². The Morgan fingerprint density at radius 2 is 1.48 bits per heavy atom. The Morgan fingerprint density at radius 1 is 0.667 bits per heavy atom. The van der Waals surface area contributed by atoms with E-state index in [-0.39, 0.29) is 0 Å².